The van der Waals surface area contributed by atoms with Crippen LogP contribution in [0, 0.1) is 0 Å². The Morgan fingerprint density at radius 3 is 2.68 bits per heavy atom. The molecule has 2 aromatic carbocycles. The van der Waals surface area contributed by atoms with Gasteiger partial charge in [0.2, 0.25) is 0 Å². The number of halogens is 1. The van der Waals surface area contributed by atoms with Gasteiger partial charge in [-0.2, -0.15) is 10.9 Å². The monoisotopic (exact) mass is 330 g/mol. The number of rotatable bonds is 5. The summed E-state index contributed by atoms with van der Waals surface area (Å²) in [5.41, 5.74) is 1.67. The summed E-state index contributed by atoms with van der Waals surface area (Å²) in [7, 11) is -0.562. The molecule has 2 aromatic rings. The van der Waals surface area contributed by atoms with E-state index in [4.69, 9.17) is 16.3 Å². The fourth-order valence-corrected chi connectivity index (χ4v) is 4.11. The molecule has 4 heteroatoms. The Morgan fingerprint density at radius 2 is 1.95 bits per heavy atom. The molecule has 0 saturated carbocycles. The third-order valence-electron chi connectivity index (χ3n) is 3.32. The number of hydrogen-bond donors (Lipinski definition) is 1. The molecule has 1 unspecified atom stereocenters. The van der Waals surface area contributed by atoms with Gasteiger partial charge in [0, 0.05) is 11.0 Å². The van der Waals surface area contributed by atoms with E-state index in [2.05, 4.69) is 10.8 Å². The zero-order chi connectivity index (χ0) is 15.4. The van der Waals surface area contributed by atoms with Crippen molar-refractivity contribution in [3.8, 4) is 0 Å². The van der Waals surface area contributed by atoms with Crippen molar-refractivity contribution in [2.24, 2.45) is 0 Å². The maximum atomic E-state index is 10.8. The van der Waals surface area contributed by atoms with Gasteiger partial charge in [-0.15, -0.1) is 0 Å². The molecule has 2 nitrogen and oxygen atoms in total. The SMILES string of the molecule is O=Cc1ccc([SH]2C=CC(OCc3ccccc3)=C2)cc1Cl. The molecule has 0 N–H and O–H groups in total. The topological polar surface area (TPSA) is 26.3 Å². The van der Waals surface area contributed by atoms with Crippen LogP contribution in [0.5, 0.6) is 0 Å². The van der Waals surface area contributed by atoms with E-state index in [-0.39, 0.29) is 0 Å². The highest BCUT2D eigenvalue weighted by atomic mass is 35.5. The van der Waals surface area contributed by atoms with Crippen LogP contribution in [-0.2, 0) is 11.3 Å². The summed E-state index contributed by atoms with van der Waals surface area (Å²) >= 11 is 6.09. The molecule has 1 aliphatic heterocycles. The molecular weight excluding hydrogens is 316 g/mol. The van der Waals surface area contributed by atoms with Crippen molar-refractivity contribution in [2.75, 3.05) is 0 Å². The number of carbonyl (C=O) groups is 1. The molecule has 0 radical (unpaired) electrons. The van der Waals surface area contributed by atoms with Gasteiger partial charge < -0.3 is 4.74 Å². The highest BCUT2D eigenvalue weighted by molar-refractivity contribution is 8.22. The summed E-state index contributed by atoms with van der Waals surface area (Å²) in [5.74, 6) is 0.880. The highest BCUT2D eigenvalue weighted by Gasteiger charge is 2.11. The fourth-order valence-electron chi connectivity index (χ4n) is 2.14. The van der Waals surface area contributed by atoms with Gasteiger partial charge in [0.05, 0.1) is 5.02 Å². The van der Waals surface area contributed by atoms with E-state index >= 15 is 0 Å². The van der Waals surface area contributed by atoms with Gasteiger partial charge in [-0.1, -0.05) is 41.9 Å². The average Bonchev–Trinajstić information content (AvgIpc) is 3.03. The predicted octanol–water partition coefficient (Wildman–Crippen LogP) is 5.10. The van der Waals surface area contributed by atoms with Crippen molar-refractivity contribution in [2.45, 2.75) is 11.5 Å². The quantitative estimate of drug-likeness (QED) is 0.610. The predicted molar refractivity (Wildman–Crippen MR) is 92.5 cm³/mol. The molecule has 3 rings (SSSR count). The van der Waals surface area contributed by atoms with Crippen molar-refractivity contribution in [1.29, 1.82) is 0 Å². The summed E-state index contributed by atoms with van der Waals surface area (Å²) in [5, 5.41) is 4.74. The van der Waals surface area contributed by atoms with Crippen LogP contribution in [-0.4, -0.2) is 6.29 Å². The molecular formula is C18H15ClO2S. The zero-order valence-corrected chi connectivity index (χ0v) is 13.4. The summed E-state index contributed by atoms with van der Waals surface area (Å²) in [6.07, 6.45) is 2.77. The summed E-state index contributed by atoms with van der Waals surface area (Å²) < 4.78 is 5.82. The van der Waals surface area contributed by atoms with Gasteiger partial charge in [-0.3, -0.25) is 4.79 Å². The van der Waals surface area contributed by atoms with Crippen LogP contribution in [0.25, 0.3) is 0 Å². The van der Waals surface area contributed by atoms with Crippen LogP contribution < -0.4 is 0 Å². The normalized spacial score (nSPS) is 18.0. The maximum Gasteiger partial charge on any atom is 0.151 e. The van der Waals surface area contributed by atoms with Crippen LogP contribution in [0.4, 0.5) is 0 Å². The van der Waals surface area contributed by atoms with E-state index in [1.807, 2.05) is 48.5 Å². The second-order valence-corrected chi connectivity index (χ2v) is 7.15. The highest BCUT2D eigenvalue weighted by Crippen LogP contribution is 2.45. The van der Waals surface area contributed by atoms with E-state index in [0.29, 0.717) is 17.2 Å². The lowest BCUT2D eigenvalue weighted by Gasteiger charge is -2.11. The molecule has 1 aliphatic rings. The fraction of sp³-hybridized carbons (Fsp3) is 0.0556. The van der Waals surface area contributed by atoms with Gasteiger partial charge >= 0.3 is 0 Å². The maximum absolute atomic E-state index is 10.8. The average molecular weight is 331 g/mol. The summed E-state index contributed by atoms with van der Waals surface area (Å²) in [6, 6.07) is 15.6. The number of hydrogen-bond acceptors (Lipinski definition) is 2. The minimum atomic E-state index is -0.562. The summed E-state index contributed by atoms with van der Waals surface area (Å²) in [4.78, 5) is 11.9. The van der Waals surface area contributed by atoms with Gasteiger partial charge in [-0.05, 0) is 40.1 Å². The standard InChI is InChI=1S/C18H15ClO2S/c19-18-10-17(7-6-15(18)11-20)22-9-8-16(13-22)21-12-14-4-2-1-3-5-14/h1-11,13,22H,12H2. The van der Waals surface area contributed by atoms with Gasteiger partial charge in [0.15, 0.2) is 6.29 Å². The van der Waals surface area contributed by atoms with Gasteiger partial charge in [0.25, 0.3) is 0 Å². The largest absolute Gasteiger partial charge is 0.488 e. The van der Waals surface area contributed by atoms with Crippen molar-refractivity contribution in [1.82, 2.24) is 0 Å². The molecule has 0 saturated heterocycles. The van der Waals surface area contributed by atoms with Gasteiger partial charge in [0.1, 0.15) is 12.4 Å². The van der Waals surface area contributed by atoms with Crippen molar-refractivity contribution >= 4 is 28.8 Å². The first-order valence-corrected chi connectivity index (χ1v) is 8.72. The molecule has 22 heavy (non-hydrogen) atoms. The van der Waals surface area contributed by atoms with Crippen molar-refractivity contribution < 1.29 is 9.53 Å². The van der Waals surface area contributed by atoms with Gasteiger partial charge in [-0.25, -0.2) is 0 Å². The minimum Gasteiger partial charge on any atom is -0.488 e. The Bertz CT molecular complexity index is 738. The molecule has 0 aromatic heterocycles. The Labute approximate surface area is 137 Å². The molecule has 0 aliphatic carbocycles. The zero-order valence-electron chi connectivity index (χ0n) is 11.8. The second-order valence-electron chi connectivity index (χ2n) is 4.85. The lowest BCUT2D eigenvalue weighted by Crippen LogP contribution is -1.89. The first-order valence-electron chi connectivity index (χ1n) is 6.86. The number of thiol groups is 1. The van der Waals surface area contributed by atoms with E-state index in [9.17, 15) is 4.79 Å². The number of ether oxygens (including phenoxy) is 1. The lowest BCUT2D eigenvalue weighted by molar-refractivity contribution is 0.112. The third-order valence-corrected chi connectivity index (χ3v) is 5.53. The molecule has 1 atom stereocenters. The molecule has 0 fully saturated rings. The van der Waals surface area contributed by atoms with Crippen LogP contribution in [0.2, 0.25) is 5.02 Å². The van der Waals surface area contributed by atoms with Crippen LogP contribution in [0.3, 0.4) is 0 Å². The Morgan fingerprint density at radius 1 is 1.14 bits per heavy atom. The number of benzene rings is 2. The first kappa shape index (κ1) is 14.9. The van der Waals surface area contributed by atoms with Crippen LogP contribution in [0.15, 0.2) is 76.1 Å². The van der Waals surface area contributed by atoms with Crippen molar-refractivity contribution in [3.05, 3.63) is 87.3 Å². The van der Waals surface area contributed by atoms with Crippen LogP contribution in [0.1, 0.15) is 15.9 Å². The smallest absolute Gasteiger partial charge is 0.151 e. The molecule has 0 spiro atoms. The molecule has 1 heterocycles. The van der Waals surface area contributed by atoms with E-state index in [1.54, 1.807) is 6.07 Å². The molecule has 0 amide bonds. The summed E-state index contributed by atoms with van der Waals surface area (Å²) in [6.45, 7) is 0.561. The third kappa shape index (κ3) is 3.43. The van der Waals surface area contributed by atoms with E-state index < -0.39 is 10.9 Å². The van der Waals surface area contributed by atoms with E-state index in [1.165, 1.54) is 0 Å². The Balaban J connectivity index is 1.68. The molecule has 112 valence electrons. The number of carbonyl (C=O) groups excluding carboxylic acids is 1. The Kier molecular flexibility index (Phi) is 4.66. The second kappa shape index (κ2) is 6.86. The van der Waals surface area contributed by atoms with Crippen LogP contribution >= 0.6 is 22.5 Å². The molecule has 0 bridgehead atoms. The number of allylic oxidation sites excluding steroid dienone is 1. The minimum absolute atomic E-state index is 0.496. The Hall–Kier alpha value is -1.97. The number of aldehydes is 1. The van der Waals surface area contributed by atoms with E-state index in [0.717, 1.165) is 22.5 Å². The first-order chi connectivity index (χ1) is 10.8. The lowest BCUT2D eigenvalue weighted by atomic mass is 10.2. The van der Waals surface area contributed by atoms with Crippen molar-refractivity contribution in [3.63, 3.8) is 0 Å².